The molecule has 0 aromatic heterocycles. The third-order valence-corrected chi connectivity index (χ3v) is 3.18. The predicted molar refractivity (Wildman–Crippen MR) is 78.4 cm³/mol. The van der Waals surface area contributed by atoms with Gasteiger partial charge in [0.05, 0.1) is 25.2 Å². The summed E-state index contributed by atoms with van der Waals surface area (Å²) in [4.78, 5) is 15.7. The number of amides is 2. The first kappa shape index (κ1) is 17.2. The van der Waals surface area contributed by atoms with Crippen LogP contribution < -0.4 is 16.0 Å². The molecular formula is C13H23N7O. The van der Waals surface area contributed by atoms with Crippen LogP contribution in [0, 0.1) is 22.7 Å². The van der Waals surface area contributed by atoms with Gasteiger partial charge in [-0.2, -0.15) is 10.5 Å². The fourth-order valence-electron chi connectivity index (χ4n) is 2.07. The van der Waals surface area contributed by atoms with E-state index in [1.165, 1.54) is 0 Å². The van der Waals surface area contributed by atoms with Gasteiger partial charge in [0.1, 0.15) is 0 Å². The Bertz CT molecular complexity index is 387. The van der Waals surface area contributed by atoms with E-state index in [1.807, 2.05) is 17.0 Å². The molecule has 2 amide bonds. The molecule has 1 aliphatic heterocycles. The molecule has 0 unspecified atom stereocenters. The van der Waals surface area contributed by atoms with E-state index < -0.39 is 0 Å². The van der Waals surface area contributed by atoms with Gasteiger partial charge in [0.15, 0.2) is 0 Å². The van der Waals surface area contributed by atoms with Crippen LogP contribution in [0.4, 0.5) is 4.79 Å². The van der Waals surface area contributed by atoms with E-state index in [0.29, 0.717) is 32.7 Å². The molecule has 21 heavy (non-hydrogen) atoms. The topological polar surface area (TPSA) is 107 Å². The number of hydrogen-bond acceptors (Lipinski definition) is 6. The van der Waals surface area contributed by atoms with Crippen molar-refractivity contribution in [3.05, 3.63) is 0 Å². The van der Waals surface area contributed by atoms with Gasteiger partial charge in [-0.25, -0.2) is 4.79 Å². The van der Waals surface area contributed by atoms with E-state index in [-0.39, 0.29) is 6.03 Å². The van der Waals surface area contributed by atoms with E-state index in [2.05, 4.69) is 16.0 Å². The molecule has 1 rings (SSSR count). The minimum absolute atomic E-state index is 0.0677. The van der Waals surface area contributed by atoms with Crippen molar-refractivity contribution in [3.8, 4) is 12.1 Å². The lowest BCUT2D eigenvalue weighted by Crippen LogP contribution is -2.39. The maximum atomic E-state index is 12.1. The normalized spacial score (nSPS) is 14.3. The Balaban J connectivity index is 2.05. The second-order valence-corrected chi connectivity index (χ2v) is 4.68. The van der Waals surface area contributed by atoms with Gasteiger partial charge in [-0.15, -0.1) is 0 Å². The van der Waals surface area contributed by atoms with Crippen LogP contribution in [0.3, 0.4) is 0 Å². The molecule has 0 bridgehead atoms. The SMILES string of the molecule is N#CCNCCNCCN1CCN(CCNCC#N)C1=O. The molecule has 1 fully saturated rings. The summed E-state index contributed by atoms with van der Waals surface area (Å²) in [5.41, 5.74) is 0. The average Bonchev–Trinajstić information content (AvgIpc) is 2.84. The summed E-state index contributed by atoms with van der Waals surface area (Å²) >= 11 is 0. The summed E-state index contributed by atoms with van der Waals surface area (Å²) in [6, 6.07) is 4.10. The smallest absolute Gasteiger partial charge is 0.320 e. The second kappa shape index (κ2) is 10.9. The van der Waals surface area contributed by atoms with Crippen molar-refractivity contribution in [2.45, 2.75) is 0 Å². The van der Waals surface area contributed by atoms with Gasteiger partial charge in [-0.3, -0.25) is 0 Å². The summed E-state index contributed by atoms with van der Waals surface area (Å²) in [6.07, 6.45) is 0. The van der Waals surface area contributed by atoms with Gasteiger partial charge in [-0.05, 0) is 0 Å². The highest BCUT2D eigenvalue weighted by atomic mass is 16.2. The van der Waals surface area contributed by atoms with Crippen LogP contribution in [0.1, 0.15) is 0 Å². The Labute approximate surface area is 125 Å². The van der Waals surface area contributed by atoms with E-state index in [1.54, 1.807) is 4.90 Å². The highest BCUT2D eigenvalue weighted by Gasteiger charge is 2.26. The molecule has 8 nitrogen and oxygen atoms in total. The van der Waals surface area contributed by atoms with Crippen LogP contribution in [0.15, 0.2) is 0 Å². The second-order valence-electron chi connectivity index (χ2n) is 4.68. The molecule has 1 saturated heterocycles. The molecule has 0 spiro atoms. The number of urea groups is 1. The number of carbonyl (C=O) groups excluding carboxylic acids is 1. The Morgan fingerprint density at radius 3 is 1.90 bits per heavy atom. The number of nitrogens with one attached hydrogen (secondary N) is 3. The van der Waals surface area contributed by atoms with Crippen LogP contribution in [0.2, 0.25) is 0 Å². The van der Waals surface area contributed by atoms with Crippen molar-refractivity contribution in [1.82, 2.24) is 25.8 Å². The lowest BCUT2D eigenvalue weighted by Gasteiger charge is -2.18. The molecule has 3 N–H and O–H groups in total. The summed E-state index contributed by atoms with van der Waals surface area (Å²) in [5.74, 6) is 0. The van der Waals surface area contributed by atoms with Crippen LogP contribution in [0.5, 0.6) is 0 Å². The average molecular weight is 293 g/mol. The monoisotopic (exact) mass is 293 g/mol. The first-order valence-corrected chi connectivity index (χ1v) is 7.19. The fourth-order valence-corrected chi connectivity index (χ4v) is 2.07. The van der Waals surface area contributed by atoms with E-state index in [4.69, 9.17) is 10.5 Å². The summed E-state index contributed by atoms with van der Waals surface area (Å²) < 4.78 is 0. The first-order chi connectivity index (χ1) is 10.3. The van der Waals surface area contributed by atoms with Crippen molar-refractivity contribution in [2.24, 2.45) is 0 Å². The molecule has 0 aromatic rings. The molecule has 0 atom stereocenters. The zero-order chi connectivity index (χ0) is 15.3. The maximum absolute atomic E-state index is 12.1. The molecule has 0 saturated carbocycles. The van der Waals surface area contributed by atoms with E-state index in [0.717, 1.165) is 32.7 Å². The molecule has 1 aliphatic rings. The zero-order valence-electron chi connectivity index (χ0n) is 12.3. The van der Waals surface area contributed by atoms with Crippen LogP contribution >= 0.6 is 0 Å². The number of nitrogens with zero attached hydrogens (tertiary/aromatic N) is 4. The number of carbonyl (C=O) groups is 1. The zero-order valence-corrected chi connectivity index (χ0v) is 12.3. The lowest BCUT2D eigenvalue weighted by molar-refractivity contribution is 0.192. The maximum Gasteiger partial charge on any atom is 0.320 e. The molecule has 0 aliphatic carbocycles. The van der Waals surface area contributed by atoms with Gasteiger partial charge in [0.2, 0.25) is 0 Å². The van der Waals surface area contributed by atoms with Crippen molar-refractivity contribution < 1.29 is 4.79 Å². The quantitative estimate of drug-likeness (QED) is 0.317. The highest BCUT2D eigenvalue weighted by molar-refractivity contribution is 5.76. The Hall–Kier alpha value is -1.87. The van der Waals surface area contributed by atoms with Crippen molar-refractivity contribution in [2.75, 3.05) is 65.4 Å². The van der Waals surface area contributed by atoms with Gasteiger partial charge in [-0.1, -0.05) is 0 Å². The summed E-state index contributed by atoms with van der Waals surface area (Å²) in [7, 11) is 0. The molecule has 116 valence electrons. The van der Waals surface area contributed by atoms with Gasteiger partial charge >= 0.3 is 6.03 Å². The van der Waals surface area contributed by atoms with Crippen molar-refractivity contribution in [3.63, 3.8) is 0 Å². The van der Waals surface area contributed by atoms with Crippen LogP contribution in [0.25, 0.3) is 0 Å². The van der Waals surface area contributed by atoms with Gasteiger partial charge in [0.25, 0.3) is 0 Å². The third-order valence-electron chi connectivity index (χ3n) is 3.18. The minimum atomic E-state index is 0.0677. The highest BCUT2D eigenvalue weighted by Crippen LogP contribution is 2.06. The Morgan fingerprint density at radius 2 is 1.33 bits per heavy atom. The fraction of sp³-hybridized carbons (Fsp3) is 0.769. The summed E-state index contributed by atoms with van der Waals surface area (Å²) in [5, 5.41) is 25.9. The molecule has 8 heteroatoms. The van der Waals surface area contributed by atoms with Crippen molar-refractivity contribution in [1.29, 1.82) is 10.5 Å². The predicted octanol–water partition coefficient (Wildman–Crippen LogP) is -1.46. The lowest BCUT2D eigenvalue weighted by atomic mass is 10.5. The largest absolute Gasteiger partial charge is 0.322 e. The van der Waals surface area contributed by atoms with E-state index in [9.17, 15) is 4.79 Å². The third kappa shape index (κ3) is 6.91. The van der Waals surface area contributed by atoms with Gasteiger partial charge in [0, 0.05) is 52.4 Å². The van der Waals surface area contributed by atoms with Gasteiger partial charge < -0.3 is 25.8 Å². The molecule has 0 aromatic carbocycles. The molecule has 1 heterocycles. The molecule has 0 radical (unpaired) electrons. The number of rotatable bonds is 11. The van der Waals surface area contributed by atoms with Crippen LogP contribution in [-0.2, 0) is 0 Å². The number of nitriles is 2. The Kier molecular flexibility index (Phi) is 8.89. The summed E-state index contributed by atoms with van der Waals surface area (Å²) in [6.45, 7) is 6.45. The standard InChI is InChI=1S/C13H23N7O/c14-1-3-16-5-6-18-8-10-20-12-11-19(13(20)21)9-7-17-4-2-15/h16-18H,3-12H2. The molecular weight excluding hydrogens is 270 g/mol. The first-order valence-electron chi connectivity index (χ1n) is 7.19. The number of hydrogen-bond donors (Lipinski definition) is 3. The van der Waals surface area contributed by atoms with E-state index >= 15 is 0 Å². The Morgan fingerprint density at radius 1 is 0.857 bits per heavy atom. The van der Waals surface area contributed by atoms with Crippen molar-refractivity contribution >= 4 is 6.03 Å². The van der Waals surface area contributed by atoms with Crippen LogP contribution in [-0.4, -0.2) is 81.3 Å². The minimum Gasteiger partial charge on any atom is -0.322 e.